The van der Waals surface area contributed by atoms with E-state index in [1.54, 1.807) is 0 Å². The number of anilines is 1. The van der Waals surface area contributed by atoms with Gasteiger partial charge in [0.1, 0.15) is 0 Å². The Kier molecular flexibility index (Phi) is 7.30. The maximum absolute atomic E-state index is 14.8. The summed E-state index contributed by atoms with van der Waals surface area (Å²) in [6.07, 6.45) is 5.24. The Labute approximate surface area is 274 Å². The molecule has 0 aromatic heterocycles. The largest absolute Gasteiger partial charge is 0.396 e. The molecule has 12 atom stereocenters. The number of ketones is 1. The van der Waals surface area contributed by atoms with Crippen molar-refractivity contribution in [2.24, 2.45) is 56.7 Å². The van der Waals surface area contributed by atoms with Crippen molar-refractivity contribution in [2.75, 3.05) is 11.9 Å². The highest BCUT2D eigenvalue weighted by molar-refractivity contribution is 6.04. The molecule has 0 bridgehead atoms. The van der Waals surface area contributed by atoms with E-state index >= 15 is 0 Å². The molecule has 0 aliphatic heterocycles. The average Bonchev–Trinajstić information content (AvgIpc) is 3.02. The predicted molar refractivity (Wildman–Crippen MR) is 181 cm³/mol. The van der Waals surface area contributed by atoms with Crippen LogP contribution in [0, 0.1) is 56.7 Å². The first-order valence-electron chi connectivity index (χ1n) is 17.7. The zero-order valence-corrected chi connectivity index (χ0v) is 28.5. The molecule has 2 aromatic carbocycles. The molecule has 0 unspecified atom stereocenters. The molecule has 248 valence electrons. The Bertz CT molecular complexity index is 1610. The van der Waals surface area contributed by atoms with Gasteiger partial charge in [0.25, 0.3) is 0 Å². The average molecular weight is 628 g/mol. The minimum absolute atomic E-state index is 0.0429. The SMILES string of the molecule is C[C@H]1[C@H](C)CC[C@]2(C(=O)Nc3cccc4ccccc34)CC[C@]3(C)C(=CC(=O)[C@@H]4[C@@]5(C)C[C@@H](O)[C@H](O)[C@@](C)(CO)[C@@H]5CC[C@]43C)[C@H]12. The second-order valence-electron chi connectivity index (χ2n) is 17.2. The predicted octanol–water partition coefficient (Wildman–Crippen LogP) is 6.92. The van der Waals surface area contributed by atoms with Crippen molar-refractivity contribution in [1.29, 1.82) is 0 Å². The van der Waals surface area contributed by atoms with E-state index in [0.29, 0.717) is 12.3 Å². The first-order valence-corrected chi connectivity index (χ1v) is 17.7. The van der Waals surface area contributed by atoms with Gasteiger partial charge in [-0.3, -0.25) is 9.59 Å². The normalized spacial score (nSPS) is 46.8. The monoisotopic (exact) mass is 627 g/mol. The van der Waals surface area contributed by atoms with Crippen molar-refractivity contribution in [2.45, 2.75) is 98.7 Å². The number of benzene rings is 2. The summed E-state index contributed by atoms with van der Waals surface area (Å²) in [5.74, 6) is 0.373. The number of allylic oxidation sites excluding steroid dienone is 2. The van der Waals surface area contributed by atoms with Crippen LogP contribution in [0.1, 0.15) is 86.5 Å². The number of nitrogens with one attached hydrogen (secondary N) is 1. The van der Waals surface area contributed by atoms with Gasteiger partial charge in [0.2, 0.25) is 5.91 Å². The molecule has 4 N–H and O–H groups in total. The summed E-state index contributed by atoms with van der Waals surface area (Å²) in [5, 5.41) is 38.4. The van der Waals surface area contributed by atoms with Gasteiger partial charge in [-0.1, -0.05) is 83.5 Å². The maximum Gasteiger partial charge on any atom is 0.231 e. The minimum Gasteiger partial charge on any atom is -0.396 e. The zero-order valence-electron chi connectivity index (χ0n) is 28.5. The summed E-state index contributed by atoms with van der Waals surface area (Å²) < 4.78 is 0. The van der Waals surface area contributed by atoms with Crippen molar-refractivity contribution >= 4 is 28.2 Å². The number of carbonyl (C=O) groups excluding carboxylic acids is 2. The van der Waals surface area contributed by atoms with Crippen LogP contribution in [0.4, 0.5) is 5.69 Å². The minimum atomic E-state index is -1.03. The molecule has 0 heterocycles. The fourth-order valence-electron chi connectivity index (χ4n) is 12.4. The number of hydrogen-bond acceptors (Lipinski definition) is 5. The Morgan fingerprint density at radius 2 is 1.65 bits per heavy atom. The van der Waals surface area contributed by atoms with Gasteiger partial charge in [0.15, 0.2) is 5.78 Å². The third kappa shape index (κ3) is 3.99. The van der Waals surface area contributed by atoms with Gasteiger partial charge in [-0.25, -0.2) is 0 Å². The highest BCUT2D eigenvalue weighted by Gasteiger charge is 2.72. The van der Waals surface area contributed by atoms with Crippen molar-refractivity contribution in [3.63, 3.8) is 0 Å². The molecule has 6 heteroatoms. The highest BCUT2D eigenvalue weighted by Crippen LogP contribution is 2.75. The lowest BCUT2D eigenvalue weighted by molar-refractivity contribution is -0.238. The summed E-state index contributed by atoms with van der Waals surface area (Å²) >= 11 is 0. The van der Waals surface area contributed by atoms with E-state index in [1.807, 2.05) is 37.3 Å². The zero-order chi connectivity index (χ0) is 33.0. The van der Waals surface area contributed by atoms with Crippen LogP contribution in [0.5, 0.6) is 0 Å². The van der Waals surface area contributed by atoms with E-state index < -0.39 is 28.5 Å². The smallest absolute Gasteiger partial charge is 0.231 e. The van der Waals surface area contributed by atoms with E-state index in [4.69, 9.17) is 0 Å². The van der Waals surface area contributed by atoms with E-state index in [-0.39, 0.29) is 52.8 Å². The van der Waals surface area contributed by atoms with Gasteiger partial charge < -0.3 is 20.6 Å². The fraction of sp³-hybridized carbons (Fsp3) is 0.650. The van der Waals surface area contributed by atoms with Crippen molar-refractivity contribution in [3.8, 4) is 0 Å². The van der Waals surface area contributed by atoms with Gasteiger partial charge in [-0.15, -0.1) is 0 Å². The van der Waals surface area contributed by atoms with Crippen LogP contribution in [0.3, 0.4) is 0 Å². The van der Waals surface area contributed by atoms with E-state index in [9.17, 15) is 24.9 Å². The lowest BCUT2D eigenvalue weighted by atomic mass is 9.33. The molecular formula is C40H53NO5. The Morgan fingerprint density at radius 1 is 0.935 bits per heavy atom. The molecule has 0 spiro atoms. The first-order chi connectivity index (χ1) is 21.7. The van der Waals surface area contributed by atoms with Gasteiger partial charge in [0, 0.05) is 22.4 Å². The molecule has 46 heavy (non-hydrogen) atoms. The van der Waals surface area contributed by atoms with Gasteiger partial charge in [0.05, 0.1) is 24.2 Å². The van der Waals surface area contributed by atoms with Gasteiger partial charge >= 0.3 is 0 Å². The quantitative estimate of drug-likeness (QED) is 0.296. The molecule has 2 aromatic rings. The molecule has 7 rings (SSSR count). The maximum atomic E-state index is 14.8. The number of rotatable bonds is 3. The molecule has 0 saturated heterocycles. The third-order valence-electron chi connectivity index (χ3n) is 15.3. The van der Waals surface area contributed by atoms with Crippen LogP contribution in [-0.4, -0.2) is 45.8 Å². The molecule has 1 amide bonds. The van der Waals surface area contributed by atoms with Crippen LogP contribution >= 0.6 is 0 Å². The lowest BCUT2D eigenvalue weighted by Crippen LogP contribution is -2.70. The molecule has 0 radical (unpaired) electrons. The topological polar surface area (TPSA) is 107 Å². The number of aliphatic hydroxyl groups excluding tert-OH is 3. The molecule has 5 aliphatic rings. The summed E-state index contributed by atoms with van der Waals surface area (Å²) in [4.78, 5) is 29.5. The number of aliphatic hydroxyl groups is 3. The molecular weight excluding hydrogens is 574 g/mol. The Morgan fingerprint density at radius 3 is 2.39 bits per heavy atom. The fourth-order valence-corrected chi connectivity index (χ4v) is 12.4. The van der Waals surface area contributed by atoms with Gasteiger partial charge in [-0.05, 0) is 102 Å². The Hall–Kier alpha value is -2.54. The van der Waals surface area contributed by atoms with Crippen LogP contribution in [0.2, 0.25) is 0 Å². The number of hydrogen-bond donors (Lipinski definition) is 4. The first kappa shape index (κ1) is 32.0. The van der Waals surface area contributed by atoms with Crippen molar-refractivity contribution in [3.05, 3.63) is 54.1 Å². The molecule has 4 saturated carbocycles. The standard InChI is InChI=1S/C40H53NO5/c1-23-14-17-40(35(46)41-28-13-9-11-25-10-7-8-12-26(25)28)19-18-38(5)27(32(40)24(23)2)20-29(43)33-36(3)21-30(44)34(45)37(4,22-42)31(36)15-16-39(33,38)6/h7-13,20,23-24,30-34,42,44-45H,14-19,21-22H2,1-6H3,(H,41,46)/t23-,24+,30-,31-,32+,33-,34+,36+,37+,38-,39-,40+/m1/s1. The van der Waals surface area contributed by atoms with Crippen LogP contribution in [0.15, 0.2) is 54.1 Å². The second-order valence-corrected chi connectivity index (χ2v) is 17.2. The van der Waals surface area contributed by atoms with Crippen LogP contribution in [-0.2, 0) is 9.59 Å². The summed E-state index contributed by atoms with van der Waals surface area (Å²) in [6.45, 7) is 13.1. The van der Waals surface area contributed by atoms with E-state index in [2.05, 4.69) is 58.1 Å². The van der Waals surface area contributed by atoms with E-state index in [0.717, 1.165) is 60.6 Å². The van der Waals surface area contributed by atoms with Gasteiger partial charge in [-0.2, -0.15) is 0 Å². The summed E-state index contributed by atoms with van der Waals surface area (Å²) in [7, 11) is 0. The Balaban J connectivity index is 1.33. The highest BCUT2D eigenvalue weighted by atomic mass is 16.3. The summed E-state index contributed by atoms with van der Waals surface area (Å²) in [6, 6.07) is 14.2. The number of carbonyl (C=O) groups is 2. The summed E-state index contributed by atoms with van der Waals surface area (Å²) in [5.41, 5.74) is -0.721. The van der Waals surface area contributed by atoms with Crippen LogP contribution in [0.25, 0.3) is 10.8 Å². The van der Waals surface area contributed by atoms with Crippen molar-refractivity contribution in [1.82, 2.24) is 0 Å². The molecule has 4 fully saturated rings. The van der Waals surface area contributed by atoms with E-state index in [1.165, 1.54) is 0 Å². The van der Waals surface area contributed by atoms with Crippen molar-refractivity contribution < 1.29 is 24.9 Å². The van der Waals surface area contributed by atoms with Crippen LogP contribution < -0.4 is 5.32 Å². The second kappa shape index (κ2) is 10.5. The lowest BCUT2D eigenvalue weighted by Gasteiger charge is -2.71. The third-order valence-corrected chi connectivity index (χ3v) is 15.3. The number of amides is 1. The number of fused-ring (bicyclic) bond motifs is 8. The molecule has 6 nitrogen and oxygen atoms in total. The molecule has 5 aliphatic carbocycles.